The predicted octanol–water partition coefficient (Wildman–Crippen LogP) is 0.997. The zero-order valence-electron chi connectivity index (χ0n) is 9.27. The minimum atomic E-state index is -0.798. The first kappa shape index (κ1) is 11.8. The number of aliphatic carboxylic acids is 1. The largest absolute Gasteiger partial charge is 0.481 e. The van der Waals surface area contributed by atoms with Crippen LogP contribution in [0.25, 0.3) is 0 Å². The van der Waals surface area contributed by atoms with Gasteiger partial charge in [-0.1, -0.05) is 6.92 Å². The van der Waals surface area contributed by atoms with Crippen LogP contribution in [0.2, 0.25) is 0 Å². The molecule has 0 radical (unpaired) electrons. The molecule has 5 heteroatoms. The summed E-state index contributed by atoms with van der Waals surface area (Å²) in [5.41, 5.74) is 0. The number of rotatable bonds is 5. The summed E-state index contributed by atoms with van der Waals surface area (Å²) in [6.45, 7) is 3.37. The van der Waals surface area contributed by atoms with Gasteiger partial charge in [0.25, 0.3) is 0 Å². The minimum Gasteiger partial charge on any atom is -0.481 e. The van der Waals surface area contributed by atoms with E-state index in [4.69, 9.17) is 5.11 Å². The lowest BCUT2D eigenvalue weighted by molar-refractivity contribution is -0.137. The lowest BCUT2D eigenvalue weighted by Crippen LogP contribution is -2.35. The Bertz CT molecular complexity index is 255. The molecule has 1 N–H and O–H groups in total. The Morgan fingerprint density at radius 2 is 2.27 bits per heavy atom. The van der Waals surface area contributed by atoms with Crippen LogP contribution < -0.4 is 0 Å². The molecule has 1 rings (SSSR count). The Kier molecular flexibility index (Phi) is 3.94. The number of urea groups is 1. The van der Waals surface area contributed by atoms with Crippen LogP contribution in [-0.4, -0.2) is 53.1 Å². The second kappa shape index (κ2) is 5.00. The van der Waals surface area contributed by atoms with Crippen molar-refractivity contribution in [3.8, 4) is 0 Å². The van der Waals surface area contributed by atoms with E-state index in [0.717, 1.165) is 6.42 Å². The van der Waals surface area contributed by atoms with Gasteiger partial charge in [-0.3, -0.25) is 4.79 Å². The molecule has 1 aliphatic heterocycles. The molecular formula is C10H18N2O3. The number of carbonyl (C=O) groups is 2. The first-order chi connectivity index (χ1) is 7.06. The van der Waals surface area contributed by atoms with Crippen molar-refractivity contribution in [2.45, 2.75) is 32.2 Å². The molecule has 1 saturated heterocycles. The van der Waals surface area contributed by atoms with Crippen LogP contribution in [0.1, 0.15) is 26.2 Å². The fourth-order valence-electron chi connectivity index (χ4n) is 1.92. The van der Waals surface area contributed by atoms with E-state index in [1.165, 1.54) is 0 Å². The lowest BCUT2D eigenvalue weighted by atomic mass is 10.1. The number of likely N-dealkylation sites (N-methyl/N-ethyl adjacent to an activating group) is 1. The second-order valence-electron chi connectivity index (χ2n) is 3.94. The minimum absolute atomic E-state index is 0.0206. The molecule has 1 atom stereocenters. The molecule has 1 unspecified atom stereocenters. The molecular weight excluding hydrogens is 196 g/mol. The number of carboxylic acid groups (broad SMARTS) is 1. The molecule has 0 saturated carbocycles. The Hall–Kier alpha value is -1.26. The van der Waals surface area contributed by atoms with Gasteiger partial charge in [-0.25, -0.2) is 4.79 Å². The monoisotopic (exact) mass is 214 g/mol. The Morgan fingerprint density at radius 1 is 1.60 bits per heavy atom. The van der Waals surface area contributed by atoms with Crippen molar-refractivity contribution in [1.29, 1.82) is 0 Å². The van der Waals surface area contributed by atoms with Crippen LogP contribution in [0.4, 0.5) is 4.79 Å². The molecule has 15 heavy (non-hydrogen) atoms. The van der Waals surface area contributed by atoms with E-state index in [2.05, 4.69) is 0 Å². The van der Waals surface area contributed by atoms with E-state index in [-0.39, 0.29) is 18.5 Å². The first-order valence-corrected chi connectivity index (χ1v) is 5.29. The van der Waals surface area contributed by atoms with E-state index >= 15 is 0 Å². The number of hydrogen-bond acceptors (Lipinski definition) is 2. The maximum absolute atomic E-state index is 11.7. The van der Waals surface area contributed by atoms with Crippen molar-refractivity contribution in [2.75, 3.05) is 20.1 Å². The quantitative estimate of drug-likeness (QED) is 0.742. The van der Waals surface area contributed by atoms with Crippen molar-refractivity contribution in [3.05, 3.63) is 0 Å². The van der Waals surface area contributed by atoms with Gasteiger partial charge in [0.1, 0.15) is 0 Å². The predicted molar refractivity (Wildman–Crippen MR) is 55.7 cm³/mol. The van der Waals surface area contributed by atoms with E-state index in [1.807, 2.05) is 6.92 Å². The maximum atomic E-state index is 11.7. The van der Waals surface area contributed by atoms with Crippen molar-refractivity contribution < 1.29 is 14.7 Å². The number of hydrogen-bond donors (Lipinski definition) is 1. The Morgan fingerprint density at radius 3 is 2.80 bits per heavy atom. The van der Waals surface area contributed by atoms with Gasteiger partial charge < -0.3 is 14.9 Å². The molecule has 0 spiro atoms. The number of amides is 2. The van der Waals surface area contributed by atoms with Crippen LogP contribution in [0.3, 0.4) is 0 Å². The smallest absolute Gasteiger partial charge is 0.320 e. The first-order valence-electron chi connectivity index (χ1n) is 5.29. The van der Waals surface area contributed by atoms with Crippen molar-refractivity contribution in [2.24, 2.45) is 0 Å². The highest BCUT2D eigenvalue weighted by Gasteiger charge is 2.34. The average molecular weight is 214 g/mol. The van der Waals surface area contributed by atoms with Gasteiger partial charge >= 0.3 is 12.0 Å². The van der Waals surface area contributed by atoms with E-state index in [0.29, 0.717) is 19.5 Å². The molecule has 0 aromatic heterocycles. The summed E-state index contributed by atoms with van der Waals surface area (Å²) >= 11 is 0. The van der Waals surface area contributed by atoms with Gasteiger partial charge in [-0.05, 0) is 12.8 Å². The highest BCUT2D eigenvalue weighted by molar-refractivity contribution is 5.77. The van der Waals surface area contributed by atoms with Gasteiger partial charge in [0, 0.05) is 26.6 Å². The third-order valence-corrected chi connectivity index (χ3v) is 2.65. The summed E-state index contributed by atoms with van der Waals surface area (Å²) in [7, 11) is 1.76. The summed E-state index contributed by atoms with van der Waals surface area (Å²) in [6, 6.07) is 0.0887. The maximum Gasteiger partial charge on any atom is 0.320 e. The van der Waals surface area contributed by atoms with Gasteiger partial charge in [-0.2, -0.15) is 0 Å². The zero-order chi connectivity index (χ0) is 11.4. The third kappa shape index (κ3) is 2.84. The Labute approximate surface area is 89.7 Å². The fraction of sp³-hybridized carbons (Fsp3) is 0.800. The molecule has 0 aromatic carbocycles. The Balaban J connectivity index is 2.54. The molecule has 0 aliphatic carbocycles. The topological polar surface area (TPSA) is 60.9 Å². The van der Waals surface area contributed by atoms with Crippen LogP contribution >= 0.6 is 0 Å². The van der Waals surface area contributed by atoms with E-state index < -0.39 is 5.97 Å². The van der Waals surface area contributed by atoms with Gasteiger partial charge in [0.2, 0.25) is 0 Å². The lowest BCUT2D eigenvalue weighted by Gasteiger charge is -2.21. The summed E-state index contributed by atoms with van der Waals surface area (Å²) in [5.74, 6) is -0.798. The number of carbonyl (C=O) groups excluding carboxylic acids is 1. The molecule has 86 valence electrons. The van der Waals surface area contributed by atoms with Gasteiger partial charge in [-0.15, -0.1) is 0 Å². The second-order valence-corrected chi connectivity index (χ2v) is 3.94. The zero-order valence-corrected chi connectivity index (χ0v) is 9.27. The molecule has 1 aliphatic rings. The normalized spacial score (nSPS) is 21.2. The van der Waals surface area contributed by atoms with Gasteiger partial charge in [0.15, 0.2) is 0 Å². The summed E-state index contributed by atoms with van der Waals surface area (Å²) in [4.78, 5) is 25.6. The molecule has 1 heterocycles. The summed E-state index contributed by atoms with van der Waals surface area (Å²) in [6.07, 6.45) is 1.58. The number of nitrogens with zero attached hydrogens (tertiary/aromatic N) is 2. The van der Waals surface area contributed by atoms with Gasteiger partial charge in [0.05, 0.1) is 6.04 Å². The van der Waals surface area contributed by atoms with Crippen LogP contribution in [0, 0.1) is 0 Å². The SMILES string of the molecule is CCCN1C(=O)N(C)CC1CCC(=O)O. The molecule has 0 aromatic rings. The summed E-state index contributed by atoms with van der Waals surface area (Å²) < 4.78 is 0. The average Bonchev–Trinajstić information content (AvgIpc) is 2.43. The van der Waals surface area contributed by atoms with Crippen LogP contribution in [0.5, 0.6) is 0 Å². The standard InChI is InChI=1S/C10H18N2O3/c1-3-6-12-8(4-5-9(13)14)7-11(2)10(12)15/h8H,3-7H2,1-2H3,(H,13,14). The fourth-order valence-corrected chi connectivity index (χ4v) is 1.92. The summed E-state index contributed by atoms with van der Waals surface area (Å²) in [5, 5.41) is 8.60. The third-order valence-electron chi connectivity index (χ3n) is 2.65. The van der Waals surface area contributed by atoms with E-state index in [9.17, 15) is 9.59 Å². The number of carboxylic acids is 1. The molecule has 1 fully saturated rings. The molecule has 0 bridgehead atoms. The molecule has 2 amide bonds. The van der Waals surface area contributed by atoms with Crippen LogP contribution in [-0.2, 0) is 4.79 Å². The van der Waals surface area contributed by atoms with E-state index in [1.54, 1.807) is 16.8 Å². The van der Waals surface area contributed by atoms with Crippen molar-refractivity contribution in [1.82, 2.24) is 9.80 Å². The highest BCUT2D eigenvalue weighted by atomic mass is 16.4. The van der Waals surface area contributed by atoms with Crippen molar-refractivity contribution >= 4 is 12.0 Å². The highest BCUT2D eigenvalue weighted by Crippen LogP contribution is 2.18. The van der Waals surface area contributed by atoms with Crippen LogP contribution in [0.15, 0.2) is 0 Å². The van der Waals surface area contributed by atoms with Crippen molar-refractivity contribution in [3.63, 3.8) is 0 Å². The molecule has 5 nitrogen and oxygen atoms in total.